The normalized spacial score (nSPS) is 17.4. The monoisotopic (exact) mass is 311 g/mol. The van der Waals surface area contributed by atoms with E-state index in [0.29, 0.717) is 5.25 Å². The van der Waals surface area contributed by atoms with Gasteiger partial charge in [-0.05, 0) is 42.5 Å². The number of fused-ring (bicyclic) bond motifs is 1. The van der Waals surface area contributed by atoms with Crippen molar-refractivity contribution in [3.05, 3.63) is 53.8 Å². The summed E-state index contributed by atoms with van der Waals surface area (Å²) < 4.78 is 7.44. The Balaban J connectivity index is 1.63. The second-order valence-electron chi connectivity index (χ2n) is 5.54. The van der Waals surface area contributed by atoms with Gasteiger partial charge in [0.05, 0.1) is 6.26 Å². The predicted octanol–water partition coefficient (Wildman–Crippen LogP) is 4.24. The lowest BCUT2D eigenvalue weighted by molar-refractivity contribution is 0.572. The van der Waals surface area contributed by atoms with Gasteiger partial charge in [0.15, 0.2) is 16.7 Å². The number of nitrogens with zero attached hydrogens (tertiary/aromatic N) is 3. The predicted molar refractivity (Wildman–Crippen MR) is 86.7 cm³/mol. The average molecular weight is 311 g/mol. The summed E-state index contributed by atoms with van der Waals surface area (Å²) in [6.07, 6.45) is 5.26. The molecule has 1 aliphatic rings. The minimum absolute atomic E-state index is 0.456. The third-order valence-electron chi connectivity index (χ3n) is 4.14. The van der Waals surface area contributed by atoms with E-state index in [1.54, 1.807) is 18.0 Å². The minimum Gasteiger partial charge on any atom is -0.461 e. The molecule has 2 heterocycles. The van der Waals surface area contributed by atoms with Crippen LogP contribution in [0.5, 0.6) is 0 Å². The van der Waals surface area contributed by atoms with Gasteiger partial charge in [0.25, 0.3) is 0 Å². The van der Waals surface area contributed by atoms with Crippen molar-refractivity contribution in [1.82, 2.24) is 14.8 Å². The first-order valence-corrected chi connectivity index (χ1v) is 8.38. The third kappa shape index (κ3) is 2.35. The van der Waals surface area contributed by atoms with Crippen LogP contribution >= 0.6 is 11.8 Å². The Morgan fingerprint density at radius 2 is 2.09 bits per heavy atom. The summed E-state index contributed by atoms with van der Waals surface area (Å²) in [5.41, 5.74) is 2.92. The topological polar surface area (TPSA) is 43.9 Å². The van der Waals surface area contributed by atoms with Crippen molar-refractivity contribution in [1.29, 1.82) is 0 Å². The highest BCUT2D eigenvalue weighted by Crippen LogP contribution is 2.43. The second-order valence-corrected chi connectivity index (χ2v) is 6.71. The lowest BCUT2D eigenvalue weighted by Crippen LogP contribution is -2.07. The lowest BCUT2D eigenvalue weighted by atomic mass is 9.91. The number of aryl methyl sites for hydroxylation is 1. The standard InChI is InChI=1S/C17H17N3OS/c1-20-16(14-9-5-11-21-14)18-19-17(20)22-15-10-4-7-12-6-2-3-8-13(12)15/h2-3,5-6,8-9,11,15H,4,7,10H2,1H3. The van der Waals surface area contributed by atoms with Gasteiger partial charge in [-0.3, -0.25) is 0 Å². The molecule has 3 aromatic rings. The molecule has 0 bridgehead atoms. The quantitative estimate of drug-likeness (QED) is 0.725. The molecular formula is C17H17N3OS. The van der Waals surface area contributed by atoms with Gasteiger partial charge in [-0.25, -0.2) is 0 Å². The van der Waals surface area contributed by atoms with Gasteiger partial charge in [-0.1, -0.05) is 36.0 Å². The molecule has 1 aromatic carbocycles. The molecule has 1 atom stereocenters. The molecule has 0 aliphatic heterocycles. The first-order chi connectivity index (χ1) is 10.8. The summed E-state index contributed by atoms with van der Waals surface area (Å²) in [6.45, 7) is 0. The zero-order valence-corrected chi connectivity index (χ0v) is 13.2. The number of thioether (sulfide) groups is 1. The van der Waals surface area contributed by atoms with E-state index in [-0.39, 0.29) is 0 Å². The van der Waals surface area contributed by atoms with Crippen LogP contribution < -0.4 is 0 Å². The molecule has 4 rings (SSSR count). The van der Waals surface area contributed by atoms with Crippen molar-refractivity contribution in [3.8, 4) is 11.6 Å². The molecule has 0 saturated carbocycles. The molecule has 1 unspecified atom stereocenters. The molecule has 112 valence electrons. The third-order valence-corrected chi connectivity index (χ3v) is 5.48. The lowest BCUT2D eigenvalue weighted by Gasteiger charge is -2.24. The number of furan rings is 1. The Labute approximate surface area is 133 Å². The summed E-state index contributed by atoms with van der Waals surface area (Å²) >= 11 is 1.80. The summed E-state index contributed by atoms with van der Waals surface area (Å²) in [5.74, 6) is 1.53. The summed E-state index contributed by atoms with van der Waals surface area (Å²) in [5, 5.41) is 10.0. The van der Waals surface area contributed by atoms with Gasteiger partial charge in [-0.2, -0.15) is 0 Å². The number of benzene rings is 1. The van der Waals surface area contributed by atoms with Crippen LogP contribution in [-0.2, 0) is 13.5 Å². The van der Waals surface area contributed by atoms with Gasteiger partial charge in [0.1, 0.15) is 0 Å². The van der Waals surface area contributed by atoms with E-state index in [1.165, 1.54) is 30.4 Å². The van der Waals surface area contributed by atoms with Gasteiger partial charge < -0.3 is 8.98 Å². The van der Waals surface area contributed by atoms with Gasteiger partial charge >= 0.3 is 0 Å². The molecule has 4 nitrogen and oxygen atoms in total. The maximum atomic E-state index is 5.43. The van der Waals surface area contributed by atoms with Crippen LogP contribution in [0.25, 0.3) is 11.6 Å². The molecule has 0 spiro atoms. The number of hydrogen-bond donors (Lipinski definition) is 0. The maximum absolute atomic E-state index is 5.43. The molecule has 0 amide bonds. The van der Waals surface area contributed by atoms with Crippen molar-refractivity contribution in [3.63, 3.8) is 0 Å². The smallest absolute Gasteiger partial charge is 0.200 e. The zero-order chi connectivity index (χ0) is 14.9. The number of rotatable bonds is 3. The maximum Gasteiger partial charge on any atom is 0.200 e. The van der Waals surface area contributed by atoms with E-state index in [0.717, 1.165) is 16.7 Å². The van der Waals surface area contributed by atoms with Gasteiger partial charge in [-0.15, -0.1) is 10.2 Å². The summed E-state index contributed by atoms with van der Waals surface area (Å²) in [7, 11) is 1.99. The Bertz CT molecular complexity index is 779. The van der Waals surface area contributed by atoms with E-state index < -0.39 is 0 Å². The SMILES string of the molecule is Cn1c(SC2CCCc3ccccc32)nnc1-c1ccco1. The molecule has 1 aliphatic carbocycles. The van der Waals surface area contributed by atoms with Crippen molar-refractivity contribution in [2.75, 3.05) is 0 Å². The van der Waals surface area contributed by atoms with E-state index >= 15 is 0 Å². The van der Waals surface area contributed by atoms with Crippen LogP contribution in [0.2, 0.25) is 0 Å². The molecule has 2 aromatic heterocycles. The Hall–Kier alpha value is -2.01. The van der Waals surface area contributed by atoms with Crippen LogP contribution in [0.4, 0.5) is 0 Å². The van der Waals surface area contributed by atoms with Crippen molar-refractivity contribution in [2.45, 2.75) is 29.7 Å². The Morgan fingerprint density at radius 1 is 1.18 bits per heavy atom. The van der Waals surface area contributed by atoms with Crippen LogP contribution in [-0.4, -0.2) is 14.8 Å². The van der Waals surface area contributed by atoms with E-state index in [9.17, 15) is 0 Å². The fraction of sp³-hybridized carbons (Fsp3) is 0.294. The molecule has 0 saturated heterocycles. The summed E-state index contributed by atoms with van der Waals surface area (Å²) in [6, 6.07) is 12.5. The van der Waals surface area contributed by atoms with E-state index in [1.807, 2.05) is 23.7 Å². The highest BCUT2D eigenvalue weighted by Gasteiger charge is 2.23. The second kappa shape index (κ2) is 5.65. The molecule has 0 radical (unpaired) electrons. The fourth-order valence-corrected chi connectivity index (χ4v) is 4.23. The van der Waals surface area contributed by atoms with Crippen LogP contribution in [0.3, 0.4) is 0 Å². The molecule has 22 heavy (non-hydrogen) atoms. The van der Waals surface area contributed by atoms with Crippen LogP contribution in [0.15, 0.2) is 52.2 Å². The molecule has 0 N–H and O–H groups in total. The van der Waals surface area contributed by atoms with Crippen LogP contribution in [0, 0.1) is 0 Å². The highest BCUT2D eigenvalue weighted by molar-refractivity contribution is 7.99. The zero-order valence-electron chi connectivity index (χ0n) is 12.4. The number of hydrogen-bond acceptors (Lipinski definition) is 4. The largest absolute Gasteiger partial charge is 0.461 e. The Morgan fingerprint density at radius 3 is 2.95 bits per heavy atom. The van der Waals surface area contributed by atoms with E-state index in [4.69, 9.17) is 4.42 Å². The first kappa shape index (κ1) is 13.6. The molecule has 5 heteroatoms. The average Bonchev–Trinajstić information content (AvgIpc) is 3.18. The summed E-state index contributed by atoms with van der Waals surface area (Å²) in [4.78, 5) is 0. The molecule has 0 fully saturated rings. The van der Waals surface area contributed by atoms with Gasteiger partial charge in [0, 0.05) is 12.3 Å². The fourth-order valence-electron chi connectivity index (χ4n) is 3.00. The van der Waals surface area contributed by atoms with Gasteiger partial charge in [0.2, 0.25) is 0 Å². The van der Waals surface area contributed by atoms with Crippen molar-refractivity contribution >= 4 is 11.8 Å². The Kier molecular flexibility index (Phi) is 3.50. The first-order valence-electron chi connectivity index (χ1n) is 7.50. The number of aromatic nitrogens is 3. The minimum atomic E-state index is 0.456. The van der Waals surface area contributed by atoms with Crippen molar-refractivity contribution < 1.29 is 4.42 Å². The molecular weight excluding hydrogens is 294 g/mol. The highest BCUT2D eigenvalue weighted by atomic mass is 32.2. The van der Waals surface area contributed by atoms with Crippen molar-refractivity contribution in [2.24, 2.45) is 7.05 Å². The van der Waals surface area contributed by atoms with Crippen LogP contribution in [0.1, 0.15) is 29.2 Å². The van der Waals surface area contributed by atoms with E-state index in [2.05, 4.69) is 34.5 Å².